The molecule has 64 valence electrons. The Morgan fingerprint density at radius 3 is 0.462 bits per heavy atom. The second-order valence-electron chi connectivity index (χ2n) is 0.500. The van der Waals surface area contributed by atoms with Gasteiger partial charge >= 0.3 is 77.9 Å². The fourth-order valence-electron chi connectivity index (χ4n) is 0. The van der Waals surface area contributed by atoms with Gasteiger partial charge in [-0.05, 0) is 0 Å². The van der Waals surface area contributed by atoms with Gasteiger partial charge in [-0.2, -0.15) is 0 Å². The Balaban J connectivity index is -0.00000000286. The van der Waals surface area contributed by atoms with Gasteiger partial charge in [0.2, 0.25) is 0 Å². The van der Waals surface area contributed by atoms with Gasteiger partial charge in [-0.15, -0.1) is 0 Å². The van der Waals surface area contributed by atoms with E-state index in [1.165, 1.54) is 0 Å². The fraction of sp³-hybridized carbons (Fsp3) is 0. The van der Waals surface area contributed by atoms with Crippen molar-refractivity contribution < 1.29 is 97.1 Å². The first-order valence-electron chi connectivity index (χ1n) is 0.816. The maximum absolute atomic E-state index is 8.58. The van der Waals surface area contributed by atoms with Gasteiger partial charge < -0.3 is 57.9 Å². The Morgan fingerprint density at radius 2 is 0.462 bits per heavy atom. The standard InChI is InChI=1S/4CH3.O4Si.4Zn/c;;;;1-5(2,3)4;;;;/h4*1H3;;;;;/q4*-1;-4;4*+2. The normalized spacial score (nSPS) is 4.62. The molecule has 0 aliphatic rings. The van der Waals surface area contributed by atoms with Crippen LogP contribution in [0.4, 0.5) is 0 Å². The first kappa shape index (κ1) is 76.7. The molecule has 0 spiro atoms. The van der Waals surface area contributed by atoms with Gasteiger partial charge in [0.15, 0.2) is 0 Å². The maximum atomic E-state index is 8.58. The van der Waals surface area contributed by atoms with Crippen LogP contribution in [0, 0.1) is 29.7 Å². The molecule has 0 amide bonds. The summed E-state index contributed by atoms with van der Waals surface area (Å²) in [5.41, 5.74) is 0. The molecule has 0 saturated heterocycles. The molecule has 0 aromatic rings. The van der Waals surface area contributed by atoms with Crippen LogP contribution in [-0.2, 0) is 77.9 Å². The molecule has 0 fully saturated rings. The van der Waals surface area contributed by atoms with E-state index in [1.54, 1.807) is 0 Å². The minimum absolute atomic E-state index is 0. The van der Waals surface area contributed by atoms with Crippen molar-refractivity contribution in [1.29, 1.82) is 0 Å². The third-order valence-corrected chi connectivity index (χ3v) is 0. The van der Waals surface area contributed by atoms with Crippen molar-refractivity contribution in [2.75, 3.05) is 0 Å². The summed E-state index contributed by atoms with van der Waals surface area (Å²) in [6.45, 7) is 0. The minimum Gasteiger partial charge on any atom is -0.894 e. The largest absolute Gasteiger partial charge is 2.00 e. The van der Waals surface area contributed by atoms with Gasteiger partial charge in [0.05, 0.1) is 0 Å². The molecule has 13 heavy (non-hydrogen) atoms. The maximum Gasteiger partial charge on any atom is 2.00 e. The molecule has 0 radical (unpaired) electrons. The van der Waals surface area contributed by atoms with Crippen LogP contribution in [0.2, 0.25) is 0 Å². The van der Waals surface area contributed by atoms with Gasteiger partial charge in [0.25, 0.3) is 0 Å². The van der Waals surface area contributed by atoms with Crippen LogP contribution in [0.25, 0.3) is 0 Å². The minimum atomic E-state index is -5.61. The van der Waals surface area contributed by atoms with Crippen molar-refractivity contribution in [3.8, 4) is 0 Å². The van der Waals surface area contributed by atoms with E-state index >= 15 is 0 Å². The Kier molecular flexibility index (Phi) is 216. The Bertz CT molecular complexity index is 39.6. The third kappa shape index (κ3) is 352. The Hall–Kier alpha value is 2.55. The summed E-state index contributed by atoms with van der Waals surface area (Å²) in [6, 6.07) is 0. The van der Waals surface area contributed by atoms with E-state index < -0.39 is 9.05 Å². The topological polar surface area (TPSA) is 92.2 Å². The molecule has 0 atom stereocenters. The molecular formula is C4H12O4SiZn4. The molecule has 0 unspecified atom stereocenters. The quantitative estimate of drug-likeness (QED) is 0.306. The number of rotatable bonds is 0. The molecule has 0 N–H and O–H groups in total. The first-order chi connectivity index (χ1) is 2.00. The summed E-state index contributed by atoms with van der Waals surface area (Å²) in [5, 5.41) is 0. The Labute approximate surface area is 134 Å². The van der Waals surface area contributed by atoms with Gasteiger partial charge in [-0.1, -0.05) is 0 Å². The van der Waals surface area contributed by atoms with Gasteiger partial charge in [-0.3, -0.25) is 0 Å². The van der Waals surface area contributed by atoms with E-state index in [0.717, 1.165) is 0 Å². The van der Waals surface area contributed by atoms with Gasteiger partial charge in [0, 0.05) is 0 Å². The molecular weight excluding hydrogens is 402 g/mol. The van der Waals surface area contributed by atoms with Crippen molar-refractivity contribution in [3.05, 3.63) is 29.7 Å². The first-order valence-corrected chi connectivity index (χ1v) is 2.45. The molecule has 9 heteroatoms. The molecule has 0 bridgehead atoms. The second kappa shape index (κ2) is 36.5. The summed E-state index contributed by atoms with van der Waals surface area (Å²) in [7, 11) is -5.61. The zero-order valence-corrected chi connectivity index (χ0v) is 21.8. The number of hydrogen-bond donors (Lipinski definition) is 0. The molecule has 4 nitrogen and oxygen atoms in total. The van der Waals surface area contributed by atoms with Crippen LogP contribution < -0.4 is 19.2 Å². The fourth-order valence-corrected chi connectivity index (χ4v) is 0. The summed E-state index contributed by atoms with van der Waals surface area (Å²) in [4.78, 5) is 34.3. The predicted molar refractivity (Wildman–Crippen MR) is 31.4 cm³/mol. The number of hydrogen-bond acceptors (Lipinski definition) is 4. The summed E-state index contributed by atoms with van der Waals surface area (Å²) in [5.74, 6) is 0. The molecule has 0 rings (SSSR count). The van der Waals surface area contributed by atoms with E-state index in [0.29, 0.717) is 0 Å². The average molecular weight is 414 g/mol. The molecule has 0 aliphatic heterocycles. The monoisotopic (exact) mass is 408 g/mol. The van der Waals surface area contributed by atoms with Gasteiger partial charge in [-0.25, -0.2) is 0 Å². The van der Waals surface area contributed by atoms with Crippen LogP contribution in [-0.4, -0.2) is 9.05 Å². The second-order valence-corrected chi connectivity index (χ2v) is 1.50. The van der Waals surface area contributed by atoms with E-state index in [9.17, 15) is 0 Å². The van der Waals surface area contributed by atoms with Crippen LogP contribution in [0.5, 0.6) is 0 Å². The molecule has 0 heterocycles. The smallest absolute Gasteiger partial charge is 0.894 e. The van der Waals surface area contributed by atoms with Crippen LogP contribution in [0.3, 0.4) is 0 Å². The average Bonchev–Trinajstić information content (AvgIpc) is 0.722. The van der Waals surface area contributed by atoms with E-state index in [1.807, 2.05) is 0 Å². The summed E-state index contributed by atoms with van der Waals surface area (Å²) in [6.07, 6.45) is 0. The third-order valence-electron chi connectivity index (χ3n) is 0. The predicted octanol–water partition coefficient (Wildman–Crippen LogP) is -3.35. The van der Waals surface area contributed by atoms with Crippen LogP contribution >= 0.6 is 0 Å². The van der Waals surface area contributed by atoms with Gasteiger partial charge in [0.1, 0.15) is 0 Å². The van der Waals surface area contributed by atoms with E-state index in [2.05, 4.69) is 0 Å². The zero-order chi connectivity index (χ0) is 4.50. The molecule has 0 saturated carbocycles. The van der Waals surface area contributed by atoms with Crippen molar-refractivity contribution in [1.82, 2.24) is 0 Å². The molecule has 0 aliphatic carbocycles. The van der Waals surface area contributed by atoms with Crippen molar-refractivity contribution in [2.24, 2.45) is 0 Å². The molecule has 0 aromatic carbocycles. The van der Waals surface area contributed by atoms with E-state index in [-0.39, 0.29) is 108 Å². The Morgan fingerprint density at radius 1 is 0.462 bits per heavy atom. The summed E-state index contributed by atoms with van der Waals surface area (Å²) >= 11 is 0. The SMILES string of the molecule is [CH3-].[CH3-].[CH3-].[CH3-].[O-][Si]([O-])([O-])[O-].[Zn+2].[Zn+2].[Zn+2].[Zn+2]. The van der Waals surface area contributed by atoms with Crippen LogP contribution in [0.1, 0.15) is 0 Å². The van der Waals surface area contributed by atoms with Crippen molar-refractivity contribution >= 4 is 9.05 Å². The zero-order valence-electron chi connectivity index (χ0n) is 8.96. The van der Waals surface area contributed by atoms with Crippen molar-refractivity contribution in [2.45, 2.75) is 0 Å². The molecule has 0 aromatic heterocycles. The van der Waals surface area contributed by atoms with E-state index in [4.69, 9.17) is 19.2 Å². The van der Waals surface area contributed by atoms with Crippen LogP contribution in [0.15, 0.2) is 0 Å². The summed E-state index contributed by atoms with van der Waals surface area (Å²) < 4.78 is 0. The van der Waals surface area contributed by atoms with Crippen molar-refractivity contribution in [3.63, 3.8) is 0 Å².